The molecule has 0 saturated heterocycles. The highest BCUT2D eigenvalue weighted by Gasteiger charge is 2.08. The third kappa shape index (κ3) is 4.70. The van der Waals surface area contributed by atoms with Crippen molar-refractivity contribution >= 4 is 34.4 Å². The van der Waals surface area contributed by atoms with E-state index in [1.54, 1.807) is 18.2 Å². The standard InChI is InChI=1S/C16H17ClN2O3/c17-12-7-5-11-6-8-13(19-14(11)10-12)16(22)18-9-3-1-2-4-15(20)21/h5-8,10H,1-4,9H2,(H,18,22)(H,20,21). The molecule has 22 heavy (non-hydrogen) atoms. The number of rotatable bonds is 7. The van der Waals surface area contributed by atoms with E-state index in [0.29, 0.717) is 29.2 Å². The maximum atomic E-state index is 12.0. The molecule has 0 spiro atoms. The van der Waals surface area contributed by atoms with Gasteiger partial charge in [-0.2, -0.15) is 0 Å². The third-order valence-corrected chi connectivity index (χ3v) is 3.47. The minimum absolute atomic E-state index is 0.168. The average molecular weight is 321 g/mol. The van der Waals surface area contributed by atoms with Crippen LogP contribution in [0.3, 0.4) is 0 Å². The monoisotopic (exact) mass is 320 g/mol. The number of carbonyl (C=O) groups is 2. The zero-order valence-electron chi connectivity index (χ0n) is 12.0. The lowest BCUT2D eigenvalue weighted by atomic mass is 10.2. The minimum Gasteiger partial charge on any atom is -0.481 e. The molecule has 0 aliphatic carbocycles. The molecule has 1 heterocycles. The van der Waals surface area contributed by atoms with Crippen LogP contribution in [0.2, 0.25) is 5.02 Å². The van der Waals surface area contributed by atoms with Crippen LogP contribution in [-0.4, -0.2) is 28.5 Å². The van der Waals surface area contributed by atoms with Gasteiger partial charge in [0.2, 0.25) is 0 Å². The number of carboxylic acid groups (broad SMARTS) is 1. The lowest BCUT2D eigenvalue weighted by Gasteiger charge is -2.05. The molecule has 2 rings (SSSR count). The molecule has 0 aliphatic rings. The lowest BCUT2D eigenvalue weighted by molar-refractivity contribution is -0.137. The number of unbranched alkanes of at least 4 members (excludes halogenated alkanes) is 2. The number of nitrogens with one attached hydrogen (secondary N) is 1. The Morgan fingerprint density at radius 3 is 2.68 bits per heavy atom. The highest BCUT2D eigenvalue weighted by molar-refractivity contribution is 6.31. The van der Waals surface area contributed by atoms with E-state index in [2.05, 4.69) is 10.3 Å². The maximum Gasteiger partial charge on any atom is 0.303 e. The molecule has 0 saturated carbocycles. The first-order chi connectivity index (χ1) is 10.6. The molecule has 2 N–H and O–H groups in total. The van der Waals surface area contributed by atoms with Crippen molar-refractivity contribution in [3.05, 3.63) is 41.0 Å². The van der Waals surface area contributed by atoms with Crippen molar-refractivity contribution in [2.24, 2.45) is 0 Å². The van der Waals surface area contributed by atoms with Crippen molar-refractivity contribution in [3.63, 3.8) is 0 Å². The second-order valence-electron chi connectivity index (χ2n) is 4.99. The third-order valence-electron chi connectivity index (χ3n) is 3.24. The second-order valence-corrected chi connectivity index (χ2v) is 5.43. The first-order valence-electron chi connectivity index (χ1n) is 7.12. The second kappa shape index (κ2) is 7.75. The van der Waals surface area contributed by atoms with Crippen LogP contribution >= 0.6 is 11.6 Å². The number of aliphatic carboxylic acids is 1. The summed E-state index contributed by atoms with van der Waals surface area (Å²) in [4.78, 5) is 26.7. The van der Waals surface area contributed by atoms with Crippen molar-refractivity contribution < 1.29 is 14.7 Å². The Morgan fingerprint density at radius 2 is 1.91 bits per heavy atom. The summed E-state index contributed by atoms with van der Waals surface area (Å²) in [5.74, 6) is -1.02. The fourth-order valence-electron chi connectivity index (χ4n) is 2.09. The van der Waals surface area contributed by atoms with Gasteiger partial charge in [0.05, 0.1) is 5.52 Å². The summed E-state index contributed by atoms with van der Waals surface area (Å²) in [6, 6.07) is 8.87. The van der Waals surface area contributed by atoms with Crippen molar-refractivity contribution in [3.8, 4) is 0 Å². The first kappa shape index (κ1) is 16.2. The highest BCUT2D eigenvalue weighted by atomic mass is 35.5. The molecule has 0 bridgehead atoms. The summed E-state index contributed by atoms with van der Waals surface area (Å²) < 4.78 is 0. The van der Waals surface area contributed by atoms with E-state index in [1.165, 1.54) is 0 Å². The van der Waals surface area contributed by atoms with E-state index < -0.39 is 5.97 Å². The Bertz CT molecular complexity index is 688. The molecule has 1 aromatic carbocycles. The minimum atomic E-state index is -0.789. The molecular weight excluding hydrogens is 304 g/mol. The van der Waals surface area contributed by atoms with Gasteiger partial charge in [-0.15, -0.1) is 0 Å². The van der Waals surface area contributed by atoms with Crippen LogP contribution in [0.5, 0.6) is 0 Å². The van der Waals surface area contributed by atoms with E-state index in [9.17, 15) is 9.59 Å². The lowest BCUT2D eigenvalue weighted by Crippen LogP contribution is -2.25. The summed E-state index contributed by atoms with van der Waals surface area (Å²) in [6.45, 7) is 0.508. The Morgan fingerprint density at radius 1 is 1.14 bits per heavy atom. The van der Waals surface area contributed by atoms with Crippen LogP contribution in [0, 0.1) is 0 Å². The van der Waals surface area contributed by atoms with Crippen molar-refractivity contribution in [1.29, 1.82) is 0 Å². The van der Waals surface area contributed by atoms with Gasteiger partial charge in [0, 0.05) is 23.4 Å². The van der Waals surface area contributed by atoms with Crippen LogP contribution in [0.15, 0.2) is 30.3 Å². The topological polar surface area (TPSA) is 79.3 Å². The molecule has 0 unspecified atom stereocenters. The number of carboxylic acids is 1. The number of hydrogen-bond acceptors (Lipinski definition) is 3. The molecule has 0 fully saturated rings. The molecule has 0 atom stereocenters. The van der Waals surface area contributed by atoms with E-state index in [4.69, 9.17) is 16.7 Å². The number of fused-ring (bicyclic) bond motifs is 1. The van der Waals surface area contributed by atoms with Crippen molar-refractivity contribution in [2.75, 3.05) is 6.54 Å². The van der Waals surface area contributed by atoms with Gasteiger partial charge in [0.15, 0.2) is 0 Å². The van der Waals surface area contributed by atoms with Gasteiger partial charge in [-0.3, -0.25) is 9.59 Å². The molecular formula is C16H17ClN2O3. The number of benzene rings is 1. The molecule has 5 nitrogen and oxygen atoms in total. The number of pyridine rings is 1. The molecule has 0 aliphatic heterocycles. The number of carbonyl (C=O) groups excluding carboxylic acids is 1. The predicted molar refractivity (Wildman–Crippen MR) is 85.2 cm³/mol. The van der Waals surface area contributed by atoms with E-state index in [0.717, 1.165) is 18.2 Å². The summed E-state index contributed by atoms with van der Waals surface area (Å²) in [7, 11) is 0. The van der Waals surface area contributed by atoms with Crippen LogP contribution in [0.4, 0.5) is 0 Å². The normalized spacial score (nSPS) is 10.6. The van der Waals surface area contributed by atoms with E-state index >= 15 is 0 Å². The van der Waals surface area contributed by atoms with Gasteiger partial charge < -0.3 is 10.4 Å². The van der Waals surface area contributed by atoms with Gasteiger partial charge in [0.1, 0.15) is 5.69 Å². The number of aromatic nitrogens is 1. The zero-order chi connectivity index (χ0) is 15.9. The zero-order valence-corrected chi connectivity index (χ0v) is 12.8. The van der Waals surface area contributed by atoms with E-state index in [-0.39, 0.29) is 12.3 Å². The van der Waals surface area contributed by atoms with Gasteiger partial charge in [0.25, 0.3) is 5.91 Å². The molecule has 1 amide bonds. The van der Waals surface area contributed by atoms with Gasteiger partial charge in [-0.25, -0.2) is 4.98 Å². The summed E-state index contributed by atoms with van der Waals surface area (Å²) >= 11 is 5.92. The van der Waals surface area contributed by atoms with Crippen molar-refractivity contribution in [1.82, 2.24) is 10.3 Å². The Hall–Kier alpha value is -2.14. The van der Waals surface area contributed by atoms with Crippen molar-refractivity contribution in [2.45, 2.75) is 25.7 Å². The molecule has 116 valence electrons. The fraction of sp³-hybridized carbons (Fsp3) is 0.312. The fourth-order valence-corrected chi connectivity index (χ4v) is 2.25. The van der Waals surface area contributed by atoms with Gasteiger partial charge in [-0.05, 0) is 31.0 Å². The SMILES string of the molecule is O=C(O)CCCCCNC(=O)c1ccc2ccc(Cl)cc2n1. The van der Waals surface area contributed by atoms with E-state index in [1.807, 2.05) is 12.1 Å². The summed E-state index contributed by atoms with van der Waals surface area (Å²) in [5, 5.41) is 12.8. The predicted octanol–water partition coefficient (Wildman–Crippen LogP) is 3.26. The number of nitrogens with zero attached hydrogens (tertiary/aromatic N) is 1. The summed E-state index contributed by atoms with van der Waals surface area (Å²) in [6.07, 6.45) is 2.31. The van der Waals surface area contributed by atoms with Crippen LogP contribution < -0.4 is 5.32 Å². The van der Waals surface area contributed by atoms with Gasteiger partial charge in [-0.1, -0.05) is 30.2 Å². The molecule has 6 heteroatoms. The Balaban J connectivity index is 1.86. The van der Waals surface area contributed by atoms with Crippen LogP contribution in [-0.2, 0) is 4.79 Å². The first-order valence-corrected chi connectivity index (χ1v) is 7.50. The highest BCUT2D eigenvalue weighted by Crippen LogP contribution is 2.17. The molecule has 1 aromatic heterocycles. The largest absolute Gasteiger partial charge is 0.481 e. The smallest absolute Gasteiger partial charge is 0.303 e. The quantitative estimate of drug-likeness (QED) is 0.767. The maximum absolute atomic E-state index is 12.0. The van der Waals surface area contributed by atoms with Gasteiger partial charge >= 0.3 is 5.97 Å². The van der Waals surface area contributed by atoms with Crippen LogP contribution in [0.25, 0.3) is 10.9 Å². The summed E-state index contributed by atoms with van der Waals surface area (Å²) in [5.41, 5.74) is 1.03. The Labute approximate surface area is 133 Å². The number of amides is 1. The van der Waals surface area contributed by atoms with Crippen LogP contribution in [0.1, 0.15) is 36.2 Å². The number of hydrogen-bond donors (Lipinski definition) is 2. The molecule has 0 radical (unpaired) electrons. The Kier molecular flexibility index (Phi) is 5.72. The number of halogens is 1. The molecule has 2 aromatic rings. The average Bonchev–Trinajstić information content (AvgIpc) is 2.49.